The highest BCUT2D eigenvalue weighted by Gasteiger charge is 2.09. The molecule has 4 aromatic heterocycles. The summed E-state index contributed by atoms with van der Waals surface area (Å²) in [6.45, 7) is 0.245. The molecule has 0 spiro atoms. The molecule has 4 aromatic rings. The van der Waals surface area contributed by atoms with Crippen molar-refractivity contribution in [1.82, 2.24) is 35.3 Å². The maximum Gasteiger partial charge on any atom is 0.321 e. The number of hydrogen-bond donors (Lipinski definition) is 2. The number of thiazole rings is 1. The predicted octanol–water partition coefficient (Wildman–Crippen LogP) is 2.50. The summed E-state index contributed by atoms with van der Waals surface area (Å²) < 4.78 is 1.62. The summed E-state index contributed by atoms with van der Waals surface area (Å²) in [6.07, 6.45) is 6.80. The molecule has 10 heteroatoms. The van der Waals surface area contributed by atoms with Crippen molar-refractivity contribution in [2.45, 2.75) is 6.54 Å². The second-order valence-electron chi connectivity index (χ2n) is 5.42. The minimum Gasteiger partial charge on any atom is -0.332 e. The smallest absolute Gasteiger partial charge is 0.321 e. The molecule has 0 aliphatic heterocycles. The van der Waals surface area contributed by atoms with Crippen LogP contribution in [0.25, 0.3) is 17.1 Å². The summed E-state index contributed by atoms with van der Waals surface area (Å²) in [7, 11) is 0. The van der Waals surface area contributed by atoms with Crippen LogP contribution in [0, 0.1) is 0 Å². The van der Waals surface area contributed by atoms with E-state index in [0.717, 1.165) is 17.1 Å². The predicted molar refractivity (Wildman–Crippen MR) is 100 cm³/mol. The second-order valence-corrected chi connectivity index (χ2v) is 6.28. The Kier molecular flexibility index (Phi) is 4.79. The Hall–Kier alpha value is -3.66. The van der Waals surface area contributed by atoms with Crippen molar-refractivity contribution in [2.24, 2.45) is 0 Å². The number of aromatic nitrogens is 6. The summed E-state index contributed by atoms with van der Waals surface area (Å²) >= 11 is 1.33. The Morgan fingerprint density at radius 1 is 1.11 bits per heavy atom. The van der Waals surface area contributed by atoms with E-state index in [-0.39, 0.29) is 12.6 Å². The lowest BCUT2D eigenvalue weighted by atomic mass is 10.3. The zero-order chi connectivity index (χ0) is 18.5. The molecule has 0 bridgehead atoms. The van der Waals surface area contributed by atoms with E-state index < -0.39 is 0 Å². The van der Waals surface area contributed by atoms with Crippen LogP contribution in [-0.2, 0) is 6.54 Å². The lowest BCUT2D eigenvalue weighted by Crippen LogP contribution is -2.28. The van der Waals surface area contributed by atoms with Crippen molar-refractivity contribution in [3.8, 4) is 17.1 Å². The molecule has 9 nitrogen and oxygen atoms in total. The number of amides is 2. The monoisotopic (exact) mass is 378 g/mol. The zero-order valence-electron chi connectivity index (χ0n) is 14.0. The summed E-state index contributed by atoms with van der Waals surface area (Å²) in [5.74, 6) is 0. The van der Waals surface area contributed by atoms with E-state index in [0.29, 0.717) is 10.8 Å². The minimum atomic E-state index is -0.365. The standard InChI is InChI=1S/C17H14N8OS/c26-16(22-17-21-15(11-27-17)14-3-1-2-6-19-14)20-9-12-10-25(24-23-12)13-4-7-18-8-5-13/h1-8,10-11H,9H2,(H2,20,21,22,26). The first-order valence-corrected chi connectivity index (χ1v) is 8.89. The minimum absolute atomic E-state index is 0.245. The van der Waals surface area contributed by atoms with Gasteiger partial charge in [0, 0.05) is 24.0 Å². The third-order valence-electron chi connectivity index (χ3n) is 3.55. The van der Waals surface area contributed by atoms with Gasteiger partial charge in [-0.25, -0.2) is 14.5 Å². The van der Waals surface area contributed by atoms with Gasteiger partial charge < -0.3 is 5.32 Å². The molecule has 0 saturated heterocycles. The van der Waals surface area contributed by atoms with Gasteiger partial charge in [0.25, 0.3) is 0 Å². The fraction of sp³-hybridized carbons (Fsp3) is 0.0588. The Morgan fingerprint density at radius 3 is 2.81 bits per heavy atom. The lowest BCUT2D eigenvalue weighted by Gasteiger charge is -2.03. The molecular weight excluding hydrogens is 364 g/mol. The van der Waals surface area contributed by atoms with Crippen molar-refractivity contribution in [2.75, 3.05) is 5.32 Å². The van der Waals surface area contributed by atoms with E-state index in [1.807, 2.05) is 35.7 Å². The van der Waals surface area contributed by atoms with Crippen LogP contribution in [0.3, 0.4) is 0 Å². The summed E-state index contributed by atoms with van der Waals surface area (Å²) in [6, 6.07) is 8.87. The maximum absolute atomic E-state index is 12.1. The molecule has 0 aliphatic carbocycles. The zero-order valence-corrected chi connectivity index (χ0v) is 14.8. The molecular formula is C17H14N8OS. The largest absolute Gasteiger partial charge is 0.332 e. The number of urea groups is 1. The quantitative estimate of drug-likeness (QED) is 0.552. The number of nitrogens with zero attached hydrogens (tertiary/aromatic N) is 6. The van der Waals surface area contributed by atoms with Gasteiger partial charge in [0.1, 0.15) is 11.4 Å². The highest BCUT2D eigenvalue weighted by molar-refractivity contribution is 7.14. The average Bonchev–Trinajstić information content (AvgIpc) is 3.37. The number of pyridine rings is 2. The lowest BCUT2D eigenvalue weighted by molar-refractivity contribution is 0.251. The number of nitrogens with one attached hydrogen (secondary N) is 2. The summed E-state index contributed by atoms with van der Waals surface area (Å²) in [4.78, 5) is 24.6. The number of hydrogen-bond acceptors (Lipinski definition) is 7. The van der Waals surface area contributed by atoms with E-state index in [1.54, 1.807) is 29.5 Å². The Morgan fingerprint density at radius 2 is 2.00 bits per heavy atom. The number of carbonyl (C=O) groups is 1. The molecule has 0 atom stereocenters. The Labute approximate surface area is 158 Å². The van der Waals surface area contributed by atoms with Crippen LogP contribution in [0.2, 0.25) is 0 Å². The van der Waals surface area contributed by atoms with E-state index in [4.69, 9.17) is 0 Å². The normalized spacial score (nSPS) is 10.5. The molecule has 0 radical (unpaired) electrons. The topological polar surface area (TPSA) is 111 Å². The third kappa shape index (κ3) is 4.12. The van der Waals surface area contributed by atoms with E-state index in [9.17, 15) is 4.79 Å². The molecule has 4 rings (SSSR count). The van der Waals surface area contributed by atoms with Gasteiger partial charge in [-0.15, -0.1) is 16.4 Å². The fourth-order valence-electron chi connectivity index (χ4n) is 2.28. The van der Waals surface area contributed by atoms with Crippen molar-refractivity contribution in [1.29, 1.82) is 0 Å². The Balaban J connectivity index is 1.33. The molecule has 0 unspecified atom stereocenters. The molecule has 4 heterocycles. The molecule has 0 aliphatic rings. The van der Waals surface area contributed by atoms with Crippen molar-refractivity contribution in [3.05, 3.63) is 66.2 Å². The van der Waals surface area contributed by atoms with E-state index in [1.165, 1.54) is 11.3 Å². The first kappa shape index (κ1) is 16.8. The fourth-order valence-corrected chi connectivity index (χ4v) is 2.98. The van der Waals surface area contributed by atoms with Gasteiger partial charge in [-0.2, -0.15) is 0 Å². The number of rotatable bonds is 5. The maximum atomic E-state index is 12.1. The van der Waals surface area contributed by atoms with Crippen LogP contribution < -0.4 is 10.6 Å². The van der Waals surface area contributed by atoms with Gasteiger partial charge in [-0.05, 0) is 24.3 Å². The van der Waals surface area contributed by atoms with E-state index in [2.05, 4.69) is 35.9 Å². The van der Waals surface area contributed by atoms with Gasteiger partial charge in [0.15, 0.2) is 5.13 Å². The molecule has 0 saturated carbocycles. The van der Waals surface area contributed by atoms with E-state index >= 15 is 0 Å². The highest BCUT2D eigenvalue weighted by Crippen LogP contribution is 2.22. The van der Waals surface area contributed by atoms with Crippen LogP contribution in [0.5, 0.6) is 0 Å². The van der Waals surface area contributed by atoms with Crippen molar-refractivity contribution in [3.63, 3.8) is 0 Å². The SMILES string of the molecule is O=C(NCc1cn(-c2ccncc2)nn1)Nc1nc(-c2ccccn2)cs1. The van der Waals surface area contributed by atoms with Crippen molar-refractivity contribution >= 4 is 22.5 Å². The molecule has 2 amide bonds. The Bertz CT molecular complexity index is 1030. The summed E-state index contributed by atoms with van der Waals surface area (Å²) in [5, 5.41) is 15.9. The number of carbonyl (C=O) groups excluding carboxylic acids is 1. The molecule has 2 N–H and O–H groups in total. The number of anilines is 1. The van der Waals surface area contributed by atoms with Crippen LogP contribution in [-0.4, -0.2) is 36.0 Å². The first-order valence-electron chi connectivity index (χ1n) is 8.01. The molecule has 0 aromatic carbocycles. The average molecular weight is 378 g/mol. The second kappa shape index (κ2) is 7.70. The van der Waals surface area contributed by atoms with Gasteiger partial charge in [0.2, 0.25) is 0 Å². The molecule has 27 heavy (non-hydrogen) atoms. The van der Waals surface area contributed by atoms with Gasteiger partial charge in [-0.1, -0.05) is 11.3 Å². The third-order valence-corrected chi connectivity index (χ3v) is 4.31. The van der Waals surface area contributed by atoms with Crippen LogP contribution in [0.1, 0.15) is 5.69 Å². The molecule has 134 valence electrons. The van der Waals surface area contributed by atoms with Gasteiger partial charge in [-0.3, -0.25) is 15.3 Å². The highest BCUT2D eigenvalue weighted by atomic mass is 32.1. The van der Waals surface area contributed by atoms with Gasteiger partial charge in [0.05, 0.1) is 24.1 Å². The van der Waals surface area contributed by atoms with Crippen LogP contribution in [0.15, 0.2) is 60.5 Å². The first-order chi connectivity index (χ1) is 13.3. The molecule has 0 fully saturated rings. The van der Waals surface area contributed by atoms with Crippen LogP contribution >= 0.6 is 11.3 Å². The van der Waals surface area contributed by atoms with Crippen molar-refractivity contribution < 1.29 is 4.79 Å². The van der Waals surface area contributed by atoms with Crippen LogP contribution in [0.4, 0.5) is 9.93 Å². The van der Waals surface area contributed by atoms with Gasteiger partial charge >= 0.3 is 6.03 Å². The summed E-state index contributed by atoms with van der Waals surface area (Å²) in [5.41, 5.74) is 2.96.